The molecule has 0 radical (unpaired) electrons. The largest absolute Gasteiger partial charge is 0.497 e. The number of hydrogen-bond acceptors (Lipinski definition) is 4. The number of carbonyl (C=O) groups excluding carboxylic acids is 1. The van der Waals surface area contributed by atoms with Crippen LogP contribution in [0.15, 0.2) is 42.6 Å². The summed E-state index contributed by atoms with van der Waals surface area (Å²) in [5.41, 5.74) is 4.98. The Hall–Kier alpha value is -3.34. The third-order valence-electron chi connectivity index (χ3n) is 4.92. The molecule has 2 aromatic heterocycles. The van der Waals surface area contributed by atoms with Crippen LogP contribution in [-0.2, 0) is 0 Å². The smallest absolute Gasteiger partial charge is 0.165 e. The Labute approximate surface area is 156 Å². The standard InChI is InChI=1S/C22H20N2O3/c1-12-20-16(9-10-23-12)18-11-17(14-5-7-15(26-3)8-6-14)22(27-4)19(13(2)25)21(18)24-20/h5-11,24H,1-4H3. The fourth-order valence-corrected chi connectivity index (χ4v) is 3.61. The van der Waals surface area contributed by atoms with Crippen molar-refractivity contribution in [3.8, 4) is 22.6 Å². The zero-order chi connectivity index (χ0) is 19.1. The Bertz CT molecular complexity index is 1170. The number of rotatable bonds is 4. The number of pyridine rings is 1. The molecule has 1 N–H and O–H groups in total. The minimum absolute atomic E-state index is 0.0515. The molecule has 0 bridgehead atoms. The summed E-state index contributed by atoms with van der Waals surface area (Å²) in [6, 6.07) is 11.8. The van der Waals surface area contributed by atoms with Gasteiger partial charge in [-0.05, 0) is 43.7 Å². The maximum Gasteiger partial charge on any atom is 0.165 e. The van der Waals surface area contributed by atoms with Gasteiger partial charge in [0.25, 0.3) is 0 Å². The summed E-state index contributed by atoms with van der Waals surface area (Å²) in [5.74, 6) is 1.29. The minimum Gasteiger partial charge on any atom is -0.497 e. The van der Waals surface area contributed by atoms with Crippen LogP contribution in [0.4, 0.5) is 0 Å². The number of nitrogens with zero attached hydrogens (tertiary/aromatic N) is 1. The van der Waals surface area contributed by atoms with Gasteiger partial charge in [-0.2, -0.15) is 0 Å². The van der Waals surface area contributed by atoms with Crippen LogP contribution < -0.4 is 9.47 Å². The number of Topliss-reactive ketones (excluding diaryl/α,β-unsaturated/α-hetero) is 1. The van der Waals surface area contributed by atoms with Crippen LogP contribution in [0.2, 0.25) is 0 Å². The normalized spacial score (nSPS) is 11.1. The molecule has 4 rings (SSSR count). The molecular weight excluding hydrogens is 340 g/mol. The van der Waals surface area contributed by atoms with Crippen molar-refractivity contribution in [2.75, 3.05) is 14.2 Å². The van der Waals surface area contributed by atoms with E-state index in [0.29, 0.717) is 11.3 Å². The molecule has 5 heteroatoms. The van der Waals surface area contributed by atoms with Gasteiger partial charge in [0.2, 0.25) is 0 Å². The van der Waals surface area contributed by atoms with Crippen molar-refractivity contribution in [1.29, 1.82) is 0 Å². The van der Waals surface area contributed by atoms with Gasteiger partial charge in [0.05, 0.1) is 36.5 Å². The second kappa shape index (κ2) is 6.43. The van der Waals surface area contributed by atoms with Crippen LogP contribution in [0, 0.1) is 6.92 Å². The molecule has 5 nitrogen and oxygen atoms in total. The zero-order valence-corrected chi connectivity index (χ0v) is 15.7. The van der Waals surface area contributed by atoms with Gasteiger partial charge in [-0.15, -0.1) is 0 Å². The van der Waals surface area contributed by atoms with Crippen LogP contribution in [0.1, 0.15) is 23.0 Å². The number of ether oxygens (including phenoxy) is 2. The molecule has 0 amide bonds. The number of methoxy groups -OCH3 is 2. The molecule has 136 valence electrons. The number of aromatic nitrogens is 2. The maximum absolute atomic E-state index is 12.5. The summed E-state index contributed by atoms with van der Waals surface area (Å²) in [6.45, 7) is 3.51. The fourth-order valence-electron chi connectivity index (χ4n) is 3.61. The van der Waals surface area contributed by atoms with E-state index in [1.165, 1.54) is 0 Å². The van der Waals surface area contributed by atoms with Crippen molar-refractivity contribution in [3.63, 3.8) is 0 Å². The van der Waals surface area contributed by atoms with Gasteiger partial charge in [0, 0.05) is 22.5 Å². The van der Waals surface area contributed by atoms with E-state index in [1.807, 2.05) is 37.3 Å². The van der Waals surface area contributed by atoms with Crippen molar-refractivity contribution in [2.45, 2.75) is 13.8 Å². The molecule has 0 atom stereocenters. The zero-order valence-electron chi connectivity index (χ0n) is 15.7. The lowest BCUT2D eigenvalue weighted by atomic mass is 9.96. The van der Waals surface area contributed by atoms with E-state index in [4.69, 9.17) is 9.47 Å². The van der Waals surface area contributed by atoms with Crippen LogP contribution >= 0.6 is 0 Å². The first-order valence-corrected chi connectivity index (χ1v) is 8.68. The number of carbonyl (C=O) groups is 1. The van der Waals surface area contributed by atoms with E-state index in [1.54, 1.807) is 27.3 Å². The summed E-state index contributed by atoms with van der Waals surface area (Å²) >= 11 is 0. The molecule has 4 aromatic rings. The van der Waals surface area contributed by atoms with Gasteiger partial charge in [0.1, 0.15) is 11.5 Å². The summed E-state index contributed by atoms with van der Waals surface area (Å²) in [6.07, 6.45) is 1.79. The summed E-state index contributed by atoms with van der Waals surface area (Å²) in [5, 5.41) is 2.02. The minimum atomic E-state index is -0.0515. The first-order valence-electron chi connectivity index (χ1n) is 8.68. The molecule has 0 aliphatic heterocycles. The summed E-state index contributed by atoms with van der Waals surface area (Å²) in [7, 11) is 3.23. The monoisotopic (exact) mass is 360 g/mol. The molecule has 0 saturated carbocycles. The Balaban J connectivity index is 2.13. The Morgan fingerprint density at radius 3 is 2.37 bits per heavy atom. The van der Waals surface area contributed by atoms with Gasteiger partial charge in [-0.1, -0.05) is 12.1 Å². The maximum atomic E-state index is 12.5. The predicted molar refractivity (Wildman–Crippen MR) is 107 cm³/mol. The van der Waals surface area contributed by atoms with E-state index in [9.17, 15) is 4.79 Å². The molecule has 2 aromatic carbocycles. The third kappa shape index (κ3) is 2.63. The molecule has 0 aliphatic rings. The van der Waals surface area contributed by atoms with Crippen LogP contribution in [0.5, 0.6) is 11.5 Å². The molecule has 0 spiro atoms. The number of nitrogens with one attached hydrogen (secondary N) is 1. The third-order valence-corrected chi connectivity index (χ3v) is 4.92. The molecule has 0 fully saturated rings. The average Bonchev–Trinajstić information content (AvgIpc) is 3.06. The summed E-state index contributed by atoms with van der Waals surface area (Å²) in [4.78, 5) is 20.3. The molecule has 0 unspecified atom stereocenters. The van der Waals surface area contributed by atoms with E-state index in [-0.39, 0.29) is 5.78 Å². The van der Waals surface area contributed by atoms with Crippen LogP contribution in [-0.4, -0.2) is 30.0 Å². The van der Waals surface area contributed by atoms with E-state index in [0.717, 1.165) is 44.4 Å². The van der Waals surface area contributed by atoms with Crippen molar-refractivity contribution >= 4 is 27.6 Å². The van der Waals surface area contributed by atoms with Crippen LogP contribution in [0.3, 0.4) is 0 Å². The van der Waals surface area contributed by atoms with Gasteiger partial charge in [0.15, 0.2) is 5.78 Å². The van der Waals surface area contributed by atoms with Crippen LogP contribution in [0.25, 0.3) is 32.9 Å². The van der Waals surface area contributed by atoms with Gasteiger partial charge in [-0.3, -0.25) is 9.78 Å². The highest BCUT2D eigenvalue weighted by atomic mass is 16.5. The molecule has 0 saturated heterocycles. The van der Waals surface area contributed by atoms with Gasteiger partial charge >= 0.3 is 0 Å². The van der Waals surface area contributed by atoms with Gasteiger partial charge < -0.3 is 14.5 Å². The SMILES string of the molecule is COc1ccc(-c2cc3c([nH]c4c(C)nccc43)c(C(C)=O)c2OC)cc1. The number of benzene rings is 2. The Morgan fingerprint density at radius 2 is 1.74 bits per heavy atom. The first kappa shape index (κ1) is 17.1. The topological polar surface area (TPSA) is 64.2 Å². The van der Waals surface area contributed by atoms with Gasteiger partial charge in [-0.25, -0.2) is 0 Å². The lowest BCUT2D eigenvalue weighted by Crippen LogP contribution is -2.01. The number of ketones is 1. The molecule has 2 heterocycles. The quantitative estimate of drug-likeness (QED) is 0.525. The molecule has 27 heavy (non-hydrogen) atoms. The average molecular weight is 360 g/mol. The highest BCUT2D eigenvalue weighted by molar-refractivity contribution is 6.18. The number of hydrogen-bond donors (Lipinski definition) is 1. The number of aryl methyl sites for hydroxylation is 1. The molecule has 0 aliphatic carbocycles. The fraction of sp³-hybridized carbons (Fsp3) is 0.182. The Morgan fingerprint density at radius 1 is 1.00 bits per heavy atom. The highest BCUT2D eigenvalue weighted by Crippen LogP contribution is 2.41. The van der Waals surface area contributed by atoms with Crippen molar-refractivity contribution in [2.24, 2.45) is 0 Å². The van der Waals surface area contributed by atoms with Crippen molar-refractivity contribution in [3.05, 3.63) is 53.9 Å². The Kier molecular flexibility index (Phi) is 4.07. The lowest BCUT2D eigenvalue weighted by Gasteiger charge is -2.14. The number of H-pyrrole nitrogens is 1. The number of fused-ring (bicyclic) bond motifs is 3. The predicted octanol–water partition coefficient (Wildman–Crippen LogP) is 4.91. The second-order valence-corrected chi connectivity index (χ2v) is 6.48. The van der Waals surface area contributed by atoms with Crippen molar-refractivity contribution in [1.82, 2.24) is 9.97 Å². The van der Waals surface area contributed by atoms with Crippen molar-refractivity contribution < 1.29 is 14.3 Å². The molecular formula is C22H20N2O3. The number of aromatic amines is 1. The summed E-state index contributed by atoms with van der Waals surface area (Å²) < 4.78 is 11.0. The van der Waals surface area contributed by atoms with E-state index < -0.39 is 0 Å². The highest BCUT2D eigenvalue weighted by Gasteiger charge is 2.22. The van der Waals surface area contributed by atoms with E-state index in [2.05, 4.69) is 16.0 Å². The second-order valence-electron chi connectivity index (χ2n) is 6.48. The van der Waals surface area contributed by atoms with E-state index >= 15 is 0 Å². The first-order chi connectivity index (χ1) is 13.0. The lowest BCUT2D eigenvalue weighted by molar-refractivity contribution is 0.101.